The molecule has 2 saturated heterocycles. The van der Waals surface area contributed by atoms with Gasteiger partial charge in [0, 0.05) is 11.8 Å². The Hall–Kier alpha value is -0.950. The number of nitrogens with one attached hydrogen (secondary N) is 2. The Balaban J connectivity index is 1.77. The second-order valence-corrected chi connectivity index (χ2v) is 5.77. The van der Waals surface area contributed by atoms with E-state index in [0.29, 0.717) is 0 Å². The van der Waals surface area contributed by atoms with E-state index in [1.807, 2.05) is 11.8 Å². The van der Waals surface area contributed by atoms with Crippen LogP contribution in [0.1, 0.15) is 12.8 Å². The van der Waals surface area contributed by atoms with Gasteiger partial charge in [-0.1, -0.05) is 0 Å². The number of carbonyl (C=O) groups is 2. The first-order valence-electron chi connectivity index (χ1n) is 6.12. The molecule has 2 aliphatic rings. The summed E-state index contributed by atoms with van der Waals surface area (Å²) in [4.78, 5) is 22.7. The lowest BCUT2D eigenvalue weighted by molar-refractivity contribution is -0.142. The third kappa shape index (κ3) is 3.52. The molecule has 3 unspecified atom stereocenters. The maximum absolute atomic E-state index is 11.8. The number of ether oxygens (including phenoxy) is 1. The zero-order valence-electron chi connectivity index (χ0n) is 10.1. The number of hydrogen-bond acceptors (Lipinski definition) is 4. The van der Waals surface area contributed by atoms with Gasteiger partial charge in [-0.05, 0) is 18.6 Å². The van der Waals surface area contributed by atoms with Gasteiger partial charge in [0.05, 0.1) is 19.3 Å². The summed E-state index contributed by atoms with van der Waals surface area (Å²) < 4.78 is 5.09. The molecule has 0 saturated carbocycles. The zero-order chi connectivity index (χ0) is 13.0. The first kappa shape index (κ1) is 13.5. The molecular formula is C11H18N2O4S. The number of carboxylic acids is 1. The molecule has 0 radical (unpaired) electrons. The summed E-state index contributed by atoms with van der Waals surface area (Å²) in [5.74, 6) is 0.511. The van der Waals surface area contributed by atoms with E-state index in [1.54, 1.807) is 0 Å². The summed E-state index contributed by atoms with van der Waals surface area (Å²) in [5.41, 5.74) is 0. The smallest absolute Gasteiger partial charge is 0.315 e. The van der Waals surface area contributed by atoms with E-state index in [2.05, 4.69) is 10.6 Å². The summed E-state index contributed by atoms with van der Waals surface area (Å²) in [6.45, 7) is 0.434. The van der Waals surface area contributed by atoms with Gasteiger partial charge in [0.2, 0.25) is 0 Å². The highest BCUT2D eigenvalue weighted by Crippen LogP contribution is 2.17. The summed E-state index contributed by atoms with van der Waals surface area (Å²) in [6.07, 6.45) is 2.10. The number of rotatable bonds is 3. The summed E-state index contributed by atoms with van der Waals surface area (Å²) >= 11 is 1.83. The maximum atomic E-state index is 11.8. The van der Waals surface area contributed by atoms with Crippen molar-refractivity contribution in [2.45, 2.75) is 24.9 Å². The monoisotopic (exact) mass is 274 g/mol. The molecule has 2 heterocycles. The molecule has 2 amide bonds. The van der Waals surface area contributed by atoms with Crippen molar-refractivity contribution in [1.29, 1.82) is 0 Å². The van der Waals surface area contributed by atoms with E-state index in [-0.39, 0.29) is 25.3 Å². The topological polar surface area (TPSA) is 87.7 Å². The fraction of sp³-hybridized carbons (Fsp3) is 0.818. The lowest BCUT2D eigenvalue weighted by atomic mass is 10.0. The maximum Gasteiger partial charge on any atom is 0.315 e. The quantitative estimate of drug-likeness (QED) is 0.688. The molecule has 0 aliphatic carbocycles. The van der Waals surface area contributed by atoms with Crippen molar-refractivity contribution in [2.75, 3.05) is 24.7 Å². The first-order chi connectivity index (χ1) is 8.66. The predicted molar refractivity (Wildman–Crippen MR) is 67.7 cm³/mol. The second-order valence-electron chi connectivity index (χ2n) is 4.62. The van der Waals surface area contributed by atoms with E-state index in [9.17, 15) is 9.59 Å². The second kappa shape index (κ2) is 6.29. The minimum atomic E-state index is -0.925. The van der Waals surface area contributed by atoms with Gasteiger partial charge in [0.1, 0.15) is 5.92 Å². The molecule has 3 N–H and O–H groups in total. The van der Waals surface area contributed by atoms with Gasteiger partial charge in [0.25, 0.3) is 0 Å². The molecular weight excluding hydrogens is 256 g/mol. The van der Waals surface area contributed by atoms with Gasteiger partial charge < -0.3 is 20.5 Å². The SMILES string of the molecule is O=C(NC1CCCSC1)NC1COCC1C(=O)O. The van der Waals surface area contributed by atoms with Gasteiger partial charge in [-0.15, -0.1) is 0 Å². The average Bonchev–Trinajstić information content (AvgIpc) is 2.78. The zero-order valence-corrected chi connectivity index (χ0v) is 10.9. The summed E-state index contributed by atoms with van der Waals surface area (Å²) in [6, 6.07) is -0.530. The van der Waals surface area contributed by atoms with Crippen LogP contribution >= 0.6 is 11.8 Å². The van der Waals surface area contributed by atoms with Crippen LogP contribution in [0.25, 0.3) is 0 Å². The van der Waals surface area contributed by atoms with Crippen LogP contribution in [0.3, 0.4) is 0 Å². The summed E-state index contributed by atoms with van der Waals surface area (Å²) in [7, 11) is 0. The lowest BCUT2D eigenvalue weighted by Crippen LogP contribution is -2.50. The van der Waals surface area contributed by atoms with E-state index in [4.69, 9.17) is 9.84 Å². The van der Waals surface area contributed by atoms with Crippen molar-refractivity contribution in [1.82, 2.24) is 10.6 Å². The van der Waals surface area contributed by atoms with Gasteiger partial charge in [-0.25, -0.2) is 4.79 Å². The third-order valence-electron chi connectivity index (χ3n) is 3.21. The predicted octanol–water partition coefficient (Wildman–Crippen LogP) is 0.281. The Morgan fingerprint density at radius 1 is 1.28 bits per heavy atom. The number of amides is 2. The van der Waals surface area contributed by atoms with Crippen LogP contribution in [0.2, 0.25) is 0 Å². The summed E-state index contributed by atoms with van der Waals surface area (Å²) in [5, 5.41) is 14.5. The highest BCUT2D eigenvalue weighted by molar-refractivity contribution is 7.99. The largest absolute Gasteiger partial charge is 0.481 e. The van der Waals surface area contributed by atoms with Crippen LogP contribution in [-0.2, 0) is 9.53 Å². The Morgan fingerprint density at radius 2 is 2.11 bits per heavy atom. The molecule has 18 heavy (non-hydrogen) atoms. The molecule has 6 nitrogen and oxygen atoms in total. The molecule has 0 aromatic rings. The van der Waals surface area contributed by atoms with Crippen LogP contribution in [0.4, 0.5) is 4.79 Å². The van der Waals surface area contributed by atoms with Crippen molar-refractivity contribution in [2.24, 2.45) is 5.92 Å². The minimum Gasteiger partial charge on any atom is -0.481 e. The lowest BCUT2D eigenvalue weighted by Gasteiger charge is -2.24. The standard InChI is InChI=1S/C11H18N2O4S/c14-10(15)8-4-17-5-9(8)13-11(16)12-7-2-1-3-18-6-7/h7-9H,1-6H2,(H,14,15)(H2,12,13,16). The van der Waals surface area contributed by atoms with Crippen LogP contribution in [0.5, 0.6) is 0 Å². The first-order valence-corrected chi connectivity index (χ1v) is 7.27. The molecule has 3 atom stereocenters. The highest BCUT2D eigenvalue weighted by Gasteiger charge is 2.35. The van der Waals surface area contributed by atoms with E-state index < -0.39 is 17.9 Å². The van der Waals surface area contributed by atoms with Crippen LogP contribution in [0, 0.1) is 5.92 Å². The normalized spacial score (nSPS) is 31.9. The number of aliphatic carboxylic acids is 1. The van der Waals surface area contributed by atoms with Gasteiger partial charge in [0.15, 0.2) is 0 Å². The number of thioether (sulfide) groups is 1. The molecule has 0 spiro atoms. The van der Waals surface area contributed by atoms with Crippen molar-refractivity contribution in [3.63, 3.8) is 0 Å². The molecule has 2 rings (SSSR count). The van der Waals surface area contributed by atoms with Crippen LogP contribution in [-0.4, -0.2) is 53.9 Å². The van der Waals surface area contributed by atoms with E-state index in [0.717, 1.165) is 24.3 Å². The van der Waals surface area contributed by atoms with Crippen molar-refractivity contribution < 1.29 is 19.4 Å². The van der Waals surface area contributed by atoms with Crippen molar-refractivity contribution in [3.05, 3.63) is 0 Å². The molecule has 0 bridgehead atoms. The molecule has 102 valence electrons. The van der Waals surface area contributed by atoms with Crippen LogP contribution in [0.15, 0.2) is 0 Å². The van der Waals surface area contributed by atoms with Gasteiger partial charge in [-0.3, -0.25) is 4.79 Å². The Morgan fingerprint density at radius 3 is 2.78 bits per heavy atom. The van der Waals surface area contributed by atoms with Crippen molar-refractivity contribution in [3.8, 4) is 0 Å². The van der Waals surface area contributed by atoms with E-state index in [1.165, 1.54) is 0 Å². The van der Waals surface area contributed by atoms with Crippen molar-refractivity contribution >= 4 is 23.8 Å². The molecule has 7 heteroatoms. The molecule has 0 aromatic heterocycles. The molecule has 0 aromatic carbocycles. The number of hydrogen-bond donors (Lipinski definition) is 3. The highest BCUT2D eigenvalue weighted by atomic mass is 32.2. The Kier molecular flexibility index (Phi) is 4.71. The van der Waals surface area contributed by atoms with E-state index >= 15 is 0 Å². The van der Waals surface area contributed by atoms with Gasteiger partial charge >= 0.3 is 12.0 Å². The molecule has 2 aliphatic heterocycles. The minimum absolute atomic E-state index is 0.166. The number of carboxylic acid groups (broad SMARTS) is 1. The third-order valence-corrected chi connectivity index (χ3v) is 4.43. The van der Waals surface area contributed by atoms with Crippen LogP contribution < -0.4 is 10.6 Å². The number of carbonyl (C=O) groups excluding carboxylic acids is 1. The average molecular weight is 274 g/mol. The fourth-order valence-corrected chi connectivity index (χ4v) is 3.26. The number of urea groups is 1. The Bertz CT molecular complexity index is 320. The molecule has 2 fully saturated rings. The fourth-order valence-electron chi connectivity index (χ4n) is 2.19. The Labute approximate surface area is 110 Å². The van der Waals surface area contributed by atoms with Gasteiger partial charge in [-0.2, -0.15) is 11.8 Å².